The quantitative estimate of drug-likeness (QED) is 0.787. The normalized spacial score (nSPS) is 17.1. The molecular formula is C18H21N3O. The molecule has 22 heavy (non-hydrogen) atoms. The van der Waals surface area contributed by atoms with Gasteiger partial charge < -0.3 is 4.52 Å². The average Bonchev–Trinajstić information content (AvgIpc) is 3.17. The van der Waals surface area contributed by atoms with E-state index in [0.717, 1.165) is 24.4 Å². The Kier molecular flexibility index (Phi) is 3.92. The van der Waals surface area contributed by atoms with Gasteiger partial charge in [0.05, 0.1) is 5.41 Å². The van der Waals surface area contributed by atoms with Crippen molar-refractivity contribution in [3.05, 3.63) is 59.3 Å². The highest BCUT2D eigenvalue weighted by molar-refractivity contribution is 6.05. The van der Waals surface area contributed by atoms with Gasteiger partial charge in [-0.2, -0.15) is 4.98 Å². The lowest BCUT2D eigenvalue weighted by Crippen LogP contribution is -2.13. The van der Waals surface area contributed by atoms with Crippen molar-refractivity contribution in [2.45, 2.75) is 39.0 Å². The molecule has 1 fully saturated rings. The highest BCUT2D eigenvalue weighted by Crippen LogP contribution is 2.53. The Hall–Kier alpha value is -2.23. The standard InChI is InChI=1S/C18H21N3O/c1-4-8-15(19-5-2)16-20-17(21-22-16)18(11-12-18)14-10-7-6-9-13(14)3/h4,6-10H,5,11-12H2,1-3H3/b8-4-,19-15?. The largest absolute Gasteiger partial charge is 0.332 e. The molecule has 0 radical (unpaired) electrons. The fourth-order valence-electron chi connectivity index (χ4n) is 2.89. The van der Waals surface area contributed by atoms with E-state index in [2.05, 4.69) is 46.3 Å². The lowest BCUT2D eigenvalue weighted by molar-refractivity contribution is 0.400. The fraction of sp³-hybridized carbons (Fsp3) is 0.389. The predicted molar refractivity (Wildman–Crippen MR) is 87.4 cm³/mol. The summed E-state index contributed by atoms with van der Waals surface area (Å²) in [4.78, 5) is 9.06. The van der Waals surface area contributed by atoms with Crippen molar-refractivity contribution in [2.75, 3.05) is 6.54 Å². The molecule has 1 aromatic heterocycles. The van der Waals surface area contributed by atoms with Crippen LogP contribution in [-0.2, 0) is 5.41 Å². The Bertz CT molecular complexity index is 723. The van der Waals surface area contributed by atoms with E-state index >= 15 is 0 Å². The van der Waals surface area contributed by atoms with Crippen molar-refractivity contribution in [3.63, 3.8) is 0 Å². The lowest BCUT2D eigenvalue weighted by atomic mass is 9.91. The molecule has 0 amide bonds. The molecule has 0 saturated heterocycles. The van der Waals surface area contributed by atoms with Crippen molar-refractivity contribution in [2.24, 2.45) is 4.99 Å². The minimum Gasteiger partial charge on any atom is -0.332 e. The molecule has 1 saturated carbocycles. The van der Waals surface area contributed by atoms with Gasteiger partial charge in [-0.05, 0) is 50.8 Å². The number of hydrogen-bond donors (Lipinski definition) is 0. The number of aliphatic imine (C=N–C) groups is 1. The van der Waals surface area contributed by atoms with E-state index in [0.29, 0.717) is 12.4 Å². The van der Waals surface area contributed by atoms with Gasteiger partial charge in [-0.3, -0.25) is 4.99 Å². The van der Waals surface area contributed by atoms with Gasteiger partial charge in [0.25, 0.3) is 5.89 Å². The summed E-state index contributed by atoms with van der Waals surface area (Å²) >= 11 is 0. The van der Waals surface area contributed by atoms with E-state index in [-0.39, 0.29) is 5.41 Å². The van der Waals surface area contributed by atoms with Crippen molar-refractivity contribution in [1.82, 2.24) is 10.1 Å². The van der Waals surface area contributed by atoms with E-state index in [1.165, 1.54) is 11.1 Å². The Balaban J connectivity index is 1.98. The molecule has 3 rings (SSSR count). The van der Waals surface area contributed by atoms with Gasteiger partial charge in [-0.15, -0.1) is 0 Å². The number of aromatic nitrogens is 2. The smallest absolute Gasteiger partial charge is 0.276 e. The van der Waals surface area contributed by atoms with Gasteiger partial charge in [0.15, 0.2) is 5.82 Å². The van der Waals surface area contributed by atoms with Crippen LogP contribution in [0.15, 0.2) is 45.9 Å². The first-order valence-electron chi connectivity index (χ1n) is 7.79. The maximum Gasteiger partial charge on any atom is 0.276 e. The molecular weight excluding hydrogens is 274 g/mol. The van der Waals surface area contributed by atoms with Crippen molar-refractivity contribution >= 4 is 5.71 Å². The van der Waals surface area contributed by atoms with Gasteiger partial charge in [-0.25, -0.2) is 0 Å². The minimum atomic E-state index is -0.0691. The molecule has 4 heteroatoms. The molecule has 1 aromatic carbocycles. The molecule has 1 heterocycles. The van der Waals surface area contributed by atoms with E-state index in [4.69, 9.17) is 4.52 Å². The summed E-state index contributed by atoms with van der Waals surface area (Å²) < 4.78 is 5.48. The zero-order chi connectivity index (χ0) is 15.6. The second kappa shape index (κ2) is 5.87. The van der Waals surface area contributed by atoms with E-state index in [1.54, 1.807) is 0 Å². The molecule has 0 atom stereocenters. The number of hydrogen-bond acceptors (Lipinski definition) is 4. The van der Waals surface area contributed by atoms with E-state index in [9.17, 15) is 0 Å². The Morgan fingerprint density at radius 1 is 1.36 bits per heavy atom. The van der Waals surface area contributed by atoms with Crippen LogP contribution in [0.4, 0.5) is 0 Å². The average molecular weight is 295 g/mol. The molecule has 1 aliphatic rings. The van der Waals surface area contributed by atoms with Crippen LogP contribution in [0.25, 0.3) is 0 Å². The number of aryl methyl sites for hydroxylation is 1. The summed E-state index contributed by atoms with van der Waals surface area (Å²) in [5, 5.41) is 4.25. The number of rotatable bonds is 5. The third-order valence-electron chi connectivity index (χ3n) is 4.14. The summed E-state index contributed by atoms with van der Waals surface area (Å²) in [7, 11) is 0. The van der Waals surface area contributed by atoms with Gasteiger partial charge in [-0.1, -0.05) is 35.5 Å². The maximum atomic E-state index is 5.48. The molecule has 0 spiro atoms. The van der Waals surface area contributed by atoms with Crippen LogP contribution < -0.4 is 0 Å². The van der Waals surface area contributed by atoms with Gasteiger partial charge >= 0.3 is 0 Å². The third-order valence-corrected chi connectivity index (χ3v) is 4.14. The monoisotopic (exact) mass is 295 g/mol. The van der Waals surface area contributed by atoms with Crippen LogP contribution in [0.3, 0.4) is 0 Å². The highest BCUT2D eigenvalue weighted by atomic mass is 16.5. The molecule has 1 aliphatic carbocycles. The number of allylic oxidation sites excluding steroid dienone is 2. The molecule has 4 nitrogen and oxygen atoms in total. The summed E-state index contributed by atoms with van der Waals surface area (Å²) in [6.45, 7) is 6.79. The Morgan fingerprint density at radius 3 is 2.77 bits per heavy atom. The zero-order valence-electron chi connectivity index (χ0n) is 13.3. The molecule has 0 unspecified atom stereocenters. The van der Waals surface area contributed by atoms with E-state index in [1.807, 2.05) is 26.0 Å². The molecule has 2 aromatic rings. The van der Waals surface area contributed by atoms with Crippen LogP contribution in [0, 0.1) is 6.92 Å². The second-order valence-electron chi connectivity index (χ2n) is 5.68. The van der Waals surface area contributed by atoms with Gasteiger partial charge in [0, 0.05) is 6.54 Å². The van der Waals surface area contributed by atoms with Crippen LogP contribution in [0.2, 0.25) is 0 Å². The minimum absolute atomic E-state index is 0.0691. The highest BCUT2D eigenvalue weighted by Gasteiger charge is 2.50. The van der Waals surface area contributed by atoms with E-state index < -0.39 is 0 Å². The van der Waals surface area contributed by atoms with Crippen molar-refractivity contribution in [1.29, 1.82) is 0 Å². The third kappa shape index (κ3) is 2.49. The molecule has 114 valence electrons. The summed E-state index contributed by atoms with van der Waals surface area (Å²) in [6, 6.07) is 8.45. The number of benzene rings is 1. The topological polar surface area (TPSA) is 51.3 Å². The fourth-order valence-corrected chi connectivity index (χ4v) is 2.89. The second-order valence-corrected chi connectivity index (χ2v) is 5.68. The van der Waals surface area contributed by atoms with Gasteiger partial charge in [0.1, 0.15) is 5.71 Å². The van der Waals surface area contributed by atoms with Crippen LogP contribution in [0.1, 0.15) is 49.5 Å². The van der Waals surface area contributed by atoms with Crippen molar-refractivity contribution in [3.8, 4) is 0 Å². The summed E-state index contributed by atoms with van der Waals surface area (Å²) in [5.74, 6) is 1.29. The first kappa shape index (κ1) is 14.7. The van der Waals surface area contributed by atoms with Crippen LogP contribution in [-0.4, -0.2) is 22.4 Å². The summed E-state index contributed by atoms with van der Waals surface area (Å²) in [5.41, 5.74) is 3.27. The molecule has 0 aliphatic heterocycles. The Labute approximate surface area is 131 Å². The van der Waals surface area contributed by atoms with Crippen LogP contribution >= 0.6 is 0 Å². The first-order valence-corrected chi connectivity index (χ1v) is 7.79. The molecule has 0 bridgehead atoms. The van der Waals surface area contributed by atoms with Crippen molar-refractivity contribution < 1.29 is 4.52 Å². The SMILES string of the molecule is C/C=C\C(=NCC)c1nc(C2(c3ccccc3C)CC2)no1. The predicted octanol–water partition coefficient (Wildman–Crippen LogP) is 3.84. The lowest BCUT2D eigenvalue weighted by Gasteiger charge is -2.13. The zero-order valence-corrected chi connectivity index (χ0v) is 13.3. The van der Waals surface area contributed by atoms with Crippen LogP contribution in [0.5, 0.6) is 0 Å². The maximum absolute atomic E-state index is 5.48. The summed E-state index contributed by atoms with van der Waals surface area (Å²) in [6.07, 6.45) is 5.99. The van der Waals surface area contributed by atoms with Gasteiger partial charge in [0.2, 0.25) is 0 Å². The number of nitrogens with zero attached hydrogens (tertiary/aromatic N) is 3. The Morgan fingerprint density at radius 2 is 2.14 bits per heavy atom. The first-order chi connectivity index (χ1) is 10.7. The molecule has 0 N–H and O–H groups in total.